The highest BCUT2D eigenvalue weighted by Crippen LogP contribution is 2.30. The standard InChI is InChI=1S/C17H22F4O3/c1-9(2)5-4-6-10(3)7-8-24-16-14(20)12(18)11(17(22)23)13(19)15(16)21/h9-10H,4-8H2,1-3H3,(H,22,23). The fourth-order valence-electron chi connectivity index (χ4n) is 2.31. The molecule has 0 radical (unpaired) electrons. The molecule has 1 rings (SSSR count). The maximum Gasteiger partial charge on any atom is 0.341 e. The van der Waals surface area contributed by atoms with Crippen LogP contribution >= 0.6 is 0 Å². The fraction of sp³-hybridized carbons (Fsp3) is 0.588. The fourth-order valence-corrected chi connectivity index (χ4v) is 2.31. The summed E-state index contributed by atoms with van der Waals surface area (Å²) in [5, 5.41) is 8.60. The normalized spacial score (nSPS) is 12.5. The van der Waals surface area contributed by atoms with Crippen LogP contribution in [0.4, 0.5) is 17.6 Å². The molecule has 7 heteroatoms. The first-order chi connectivity index (χ1) is 11.2. The molecule has 24 heavy (non-hydrogen) atoms. The lowest BCUT2D eigenvalue weighted by Crippen LogP contribution is -2.13. The molecule has 1 N–H and O–H groups in total. The van der Waals surface area contributed by atoms with Gasteiger partial charge in [0.25, 0.3) is 0 Å². The van der Waals surface area contributed by atoms with Crippen LogP contribution in [0.1, 0.15) is 56.8 Å². The Morgan fingerprint density at radius 1 is 0.958 bits per heavy atom. The van der Waals surface area contributed by atoms with Crippen LogP contribution in [0, 0.1) is 35.1 Å². The summed E-state index contributed by atoms with van der Waals surface area (Å²) in [6, 6.07) is 0. The Bertz CT molecular complexity index is 559. The van der Waals surface area contributed by atoms with Gasteiger partial charge in [0.15, 0.2) is 17.4 Å². The number of ether oxygens (including phenoxy) is 1. The van der Waals surface area contributed by atoms with Crippen molar-refractivity contribution in [3.05, 3.63) is 28.8 Å². The second-order valence-electron chi connectivity index (χ2n) is 6.33. The van der Waals surface area contributed by atoms with Gasteiger partial charge in [0, 0.05) is 0 Å². The smallest absolute Gasteiger partial charge is 0.341 e. The minimum absolute atomic E-state index is 0.123. The molecule has 3 nitrogen and oxygen atoms in total. The van der Waals surface area contributed by atoms with Gasteiger partial charge in [-0.3, -0.25) is 0 Å². The van der Waals surface area contributed by atoms with Gasteiger partial charge in [0.1, 0.15) is 5.56 Å². The minimum atomic E-state index is -2.09. The van der Waals surface area contributed by atoms with Gasteiger partial charge in [-0.2, -0.15) is 8.78 Å². The molecule has 0 aliphatic rings. The Labute approximate surface area is 138 Å². The van der Waals surface area contributed by atoms with Crippen molar-refractivity contribution in [2.45, 2.75) is 46.5 Å². The first-order valence-corrected chi connectivity index (χ1v) is 7.88. The van der Waals surface area contributed by atoms with Crippen molar-refractivity contribution < 1.29 is 32.2 Å². The zero-order valence-electron chi connectivity index (χ0n) is 14.0. The lowest BCUT2D eigenvalue weighted by Gasteiger charge is -2.14. The predicted octanol–water partition coefficient (Wildman–Crippen LogP) is 5.17. The van der Waals surface area contributed by atoms with Crippen LogP contribution < -0.4 is 4.74 Å². The minimum Gasteiger partial charge on any atom is -0.487 e. The summed E-state index contributed by atoms with van der Waals surface area (Å²) in [5.41, 5.74) is -1.67. The zero-order valence-corrected chi connectivity index (χ0v) is 14.0. The quantitative estimate of drug-likeness (QED) is 0.493. The van der Waals surface area contributed by atoms with Crippen molar-refractivity contribution in [1.82, 2.24) is 0 Å². The number of carboxylic acids is 1. The second kappa shape index (κ2) is 8.89. The Hall–Kier alpha value is -1.79. The van der Waals surface area contributed by atoms with Gasteiger partial charge in [-0.25, -0.2) is 13.6 Å². The van der Waals surface area contributed by atoms with Crippen LogP contribution in [0.3, 0.4) is 0 Å². The number of hydrogen-bond donors (Lipinski definition) is 1. The van der Waals surface area contributed by atoms with Crippen LogP contribution in [0.25, 0.3) is 0 Å². The maximum atomic E-state index is 13.7. The summed E-state index contributed by atoms with van der Waals surface area (Å²) >= 11 is 0. The van der Waals surface area contributed by atoms with Gasteiger partial charge in [0.2, 0.25) is 11.6 Å². The third-order valence-electron chi connectivity index (χ3n) is 3.77. The van der Waals surface area contributed by atoms with Crippen molar-refractivity contribution in [3.8, 4) is 5.75 Å². The molecule has 0 aromatic heterocycles. The van der Waals surface area contributed by atoms with Crippen LogP contribution in [-0.4, -0.2) is 17.7 Å². The molecule has 0 amide bonds. The van der Waals surface area contributed by atoms with Crippen LogP contribution in [0.15, 0.2) is 0 Å². The highest BCUT2D eigenvalue weighted by atomic mass is 19.2. The van der Waals surface area contributed by atoms with Gasteiger partial charge in [0.05, 0.1) is 6.61 Å². The first-order valence-electron chi connectivity index (χ1n) is 7.88. The molecule has 0 saturated heterocycles. The number of carboxylic acid groups (broad SMARTS) is 1. The molecule has 0 saturated carbocycles. The molecule has 0 aliphatic heterocycles. The first kappa shape index (κ1) is 20.3. The van der Waals surface area contributed by atoms with Gasteiger partial charge in [-0.05, 0) is 18.3 Å². The van der Waals surface area contributed by atoms with Crippen molar-refractivity contribution in [1.29, 1.82) is 0 Å². The van der Waals surface area contributed by atoms with Crippen molar-refractivity contribution in [2.24, 2.45) is 11.8 Å². The van der Waals surface area contributed by atoms with E-state index in [4.69, 9.17) is 9.84 Å². The van der Waals surface area contributed by atoms with E-state index in [2.05, 4.69) is 13.8 Å². The summed E-state index contributed by atoms with van der Waals surface area (Å²) in [6.07, 6.45) is 3.45. The monoisotopic (exact) mass is 350 g/mol. The summed E-state index contributed by atoms with van der Waals surface area (Å²) in [4.78, 5) is 10.7. The van der Waals surface area contributed by atoms with E-state index in [0.717, 1.165) is 19.3 Å². The van der Waals surface area contributed by atoms with Crippen LogP contribution in [0.5, 0.6) is 5.75 Å². The molecule has 136 valence electrons. The third kappa shape index (κ3) is 5.11. The van der Waals surface area contributed by atoms with E-state index >= 15 is 0 Å². The average molecular weight is 350 g/mol. The predicted molar refractivity (Wildman–Crippen MR) is 81.2 cm³/mol. The average Bonchev–Trinajstić information content (AvgIpc) is 2.48. The van der Waals surface area contributed by atoms with E-state index in [1.165, 1.54) is 0 Å². The summed E-state index contributed by atoms with van der Waals surface area (Å²) in [5.74, 6) is -10.1. The molecule has 1 aromatic rings. The molecule has 1 aromatic carbocycles. The van der Waals surface area contributed by atoms with Crippen molar-refractivity contribution in [2.75, 3.05) is 6.61 Å². The van der Waals surface area contributed by atoms with Gasteiger partial charge >= 0.3 is 5.97 Å². The summed E-state index contributed by atoms with van der Waals surface area (Å²) < 4.78 is 59.3. The number of carbonyl (C=O) groups is 1. The summed E-state index contributed by atoms with van der Waals surface area (Å²) in [6.45, 7) is 6.06. The van der Waals surface area contributed by atoms with E-state index in [9.17, 15) is 22.4 Å². The van der Waals surface area contributed by atoms with Gasteiger partial charge in [-0.1, -0.05) is 40.0 Å². The highest BCUT2D eigenvalue weighted by Gasteiger charge is 2.30. The SMILES string of the molecule is CC(C)CCCC(C)CCOc1c(F)c(F)c(C(=O)O)c(F)c1F. The van der Waals surface area contributed by atoms with E-state index in [1.807, 2.05) is 6.92 Å². The lowest BCUT2D eigenvalue weighted by molar-refractivity contribution is 0.0682. The topological polar surface area (TPSA) is 46.5 Å². The largest absolute Gasteiger partial charge is 0.487 e. The van der Waals surface area contributed by atoms with Crippen molar-refractivity contribution >= 4 is 5.97 Å². The van der Waals surface area contributed by atoms with E-state index in [1.54, 1.807) is 0 Å². The van der Waals surface area contributed by atoms with Crippen LogP contribution in [-0.2, 0) is 0 Å². The number of hydrogen-bond acceptors (Lipinski definition) is 2. The molecular weight excluding hydrogens is 328 g/mol. The van der Waals surface area contributed by atoms with E-state index < -0.39 is 40.6 Å². The molecule has 1 atom stereocenters. The Kier molecular flexibility index (Phi) is 7.51. The maximum absolute atomic E-state index is 13.7. The molecule has 0 spiro atoms. The molecule has 0 aliphatic carbocycles. The number of rotatable bonds is 9. The zero-order chi connectivity index (χ0) is 18.4. The third-order valence-corrected chi connectivity index (χ3v) is 3.77. The molecule has 0 bridgehead atoms. The number of benzene rings is 1. The van der Waals surface area contributed by atoms with Gasteiger partial charge < -0.3 is 9.84 Å². The Morgan fingerprint density at radius 2 is 1.50 bits per heavy atom. The van der Waals surface area contributed by atoms with E-state index in [-0.39, 0.29) is 12.5 Å². The molecule has 1 unspecified atom stereocenters. The second-order valence-corrected chi connectivity index (χ2v) is 6.33. The summed E-state index contributed by atoms with van der Waals surface area (Å²) in [7, 11) is 0. The highest BCUT2D eigenvalue weighted by molar-refractivity contribution is 5.88. The lowest BCUT2D eigenvalue weighted by atomic mass is 9.98. The van der Waals surface area contributed by atoms with Crippen LogP contribution in [0.2, 0.25) is 0 Å². The molecule has 0 heterocycles. The molecule has 0 fully saturated rings. The van der Waals surface area contributed by atoms with E-state index in [0.29, 0.717) is 12.3 Å². The Balaban J connectivity index is 2.71. The number of halogens is 4. The Morgan fingerprint density at radius 3 is 1.96 bits per heavy atom. The van der Waals surface area contributed by atoms with Crippen molar-refractivity contribution in [3.63, 3.8) is 0 Å². The molecular formula is C17H22F4O3. The number of aromatic carboxylic acids is 1. The van der Waals surface area contributed by atoms with Gasteiger partial charge in [-0.15, -0.1) is 0 Å².